The lowest BCUT2D eigenvalue weighted by Gasteiger charge is -2.17. The average Bonchev–Trinajstić information content (AvgIpc) is 2.48. The monoisotopic (exact) mass is 250 g/mol. The molecule has 0 N–H and O–H groups in total. The van der Waals surface area contributed by atoms with Crippen molar-refractivity contribution < 1.29 is 9.47 Å². The average molecular weight is 250 g/mol. The lowest BCUT2D eigenvalue weighted by atomic mass is 10.0. The van der Waals surface area contributed by atoms with E-state index >= 15 is 0 Å². The molecule has 0 radical (unpaired) electrons. The lowest BCUT2D eigenvalue weighted by molar-refractivity contribution is 0.0848. The quantitative estimate of drug-likeness (QED) is 0.666. The second-order valence-electron chi connectivity index (χ2n) is 4.28. The van der Waals surface area contributed by atoms with Crippen LogP contribution >= 0.6 is 0 Å². The van der Waals surface area contributed by atoms with Gasteiger partial charge in [-0.3, -0.25) is 0 Å². The number of rotatable bonds is 1. The van der Waals surface area contributed by atoms with Crippen molar-refractivity contribution in [3.8, 4) is 23.0 Å². The maximum absolute atomic E-state index is 5.48. The van der Waals surface area contributed by atoms with E-state index in [4.69, 9.17) is 9.47 Å². The fourth-order valence-electron chi connectivity index (χ4n) is 2.29. The molecule has 0 aliphatic carbocycles. The molecule has 2 heterocycles. The van der Waals surface area contributed by atoms with Gasteiger partial charge in [0.2, 0.25) is 12.7 Å². The van der Waals surface area contributed by atoms with E-state index in [0.29, 0.717) is 11.9 Å². The van der Waals surface area contributed by atoms with Crippen molar-refractivity contribution in [2.45, 2.75) is 0 Å². The smallest absolute Gasteiger partial charge is 0.323 e. The number of aromatic nitrogens is 2. The minimum absolute atomic E-state index is 0.167. The van der Waals surface area contributed by atoms with Crippen molar-refractivity contribution in [3.63, 3.8) is 0 Å². The summed E-state index contributed by atoms with van der Waals surface area (Å²) in [5.41, 5.74) is 3.03. The SMILES string of the molecule is c1ccc(-c2cccc3nc4nc(c23)OCO4)cc1. The van der Waals surface area contributed by atoms with Crippen LogP contribution in [0.2, 0.25) is 0 Å². The van der Waals surface area contributed by atoms with Crippen LogP contribution in [-0.2, 0) is 0 Å². The molecule has 0 fully saturated rings. The molecule has 2 bridgehead atoms. The van der Waals surface area contributed by atoms with Gasteiger partial charge in [0.1, 0.15) is 0 Å². The number of nitrogens with zero attached hydrogens (tertiary/aromatic N) is 2. The van der Waals surface area contributed by atoms with Crippen molar-refractivity contribution in [2.75, 3.05) is 6.79 Å². The summed E-state index contributed by atoms with van der Waals surface area (Å²) in [4.78, 5) is 8.62. The second kappa shape index (κ2) is 3.95. The van der Waals surface area contributed by atoms with Gasteiger partial charge in [0.15, 0.2) is 0 Å². The van der Waals surface area contributed by atoms with Gasteiger partial charge in [0.25, 0.3) is 0 Å². The van der Waals surface area contributed by atoms with E-state index in [-0.39, 0.29) is 6.79 Å². The predicted octanol–water partition coefficient (Wildman–Crippen LogP) is 3.03. The van der Waals surface area contributed by atoms with Crippen LogP contribution < -0.4 is 9.47 Å². The highest BCUT2D eigenvalue weighted by molar-refractivity contribution is 5.98. The summed E-state index contributed by atoms with van der Waals surface area (Å²) in [5, 5.41) is 0.931. The highest BCUT2D eigenvalue weighted by Crippen LogP contribution is 2.35. The van der Waals surface area contributed by atoms with Crippen molar-refractivity contribution in [1.82, 2.24) is 9.97 Å². The molecule has 1 aliphatic rings. The Kier molecular flexibility index (Phi) is 2.14. The van der Waals surface area contributed by atoms with Gasteiger partial charge in [-0.1, -0.05) is 42.5 Å². The first-order valence-electron chi connectivity index (χ1n) is 6.03. The molecule has 0 unspecified atom stereocenters. The number of fused-ring (bicyclic) bond motifs is 4. The van der Waals surface area contributed by atoms with Gasteiger partial charge in [-0.2, -0.15) is 9.97 Å². The highest BCUT2D eigenvalue weighted by Gasteiger charge is 2.18. The molecule has 0 atom stereocenters. The molecule has 19 heavy (non-hydrogen) atoms. The van der Waals surface area contributed by atoms with Gasteiger partial charge in [-0.15, -0.1) is 0 Å². The largest absolute Gasteiger partial charge is 0.439 e. The Morgan fingerprint density at radius 3 is 2.63 bits per heavy atom. The normalized spacial score (nSPS) is 12.8. The Morgan fingerprint density at radius 2 is 1.74 bits per heavy atom. The van der Waals surface area contributed by atoms with Crippen LogP contribution in [-0.4, -0.2) is 16.8 Å². The Bertz CT molecular complexity index is 757. The third-order valence-corrected chi connectivity index (χ3v) is 3.14. The maximum Gasteiger partial charge on any atom is 0.323 e. The van der Waals surface area contributed by atoms with Gasteiger partial charge in [0, 0.05) is 0 Å². The number of ether oxygens (including phenoxy) is 2. The van der Waals surface area contributed by atoms with E-state index in [1.165, 1.54) is 0 Å². The summed E-state index contributed by atoms with van der Waals surface area (Å²) < 4.78 is 10.7. The number of hydrogen-bond donors (Lipinski definition) is 0. The summed E-state index contributed by atoms with van der Waals surface area (Å²) in [6.45, 7) is 0.167. The zero-order chi connectivity index (χ0) is 12.7. The molecule has 4 nitrogen and oxygen atoms in total. The van der Waals surface area contributed by atoms with E-state index in [1.54, 1.807) is 0 Å². The molecule has 0 saturated heterocycles. The summed E-state index contributed by atoms with van der Waals surface area (Å²) in [6.07, 6.45) is 0. The summed E-state index contributed by atoms with van der Waals surface area (Å²) >= 11 is 0. The Morgan fingerprint density at radius 1 is 0.842 bits per heavy atom. The van der Waals surface area contributed by atoms with Gasteiger partial charge in [0.05, 0.1) is 10.9 Å². The van der Waals surface area contributed by atoms with Gasteiger partial charge in [-0.25, -0.2) is 0 Å². The maximum atomic E-state index is 5.48. The van der Waals surface area contributed by atoms with Crippen molar-refractivity contribution >= 4 is 10.9 Å². The molecule has 0 spiro atoms. The molecule has 1 aromatic heterocycles. The predicted molar refractivity (Wildman–Crippen MR) is 71.1 cm³/mol. The van der Waals surface area contributed by atoms with Crippen LogP contribution in [0, 0.1) is 0 Å². The second-order valence-corrected chi connectivity index (χ2v) is 4.28. The zero-order valence-electron chi connectivity index (χ0n) is 10.0. The van der Waals surface area contributed by atoms with Crippen LogP contribution in [0.1, 0.15) is 0 Å². The minimum atomic E-state index is 0.167. The molecule has 92 valence electrons. The molecule has 1 aliphatic heterocycles. The summed E-state index contributed by atoms with van der Waals surface area (Å²) in [6, 6.07) is 16.5. The Balaban J connectivity index is 2.07. The van der Waals surface area contributed by atoms with Gasteiger partial charge in [-0.05, 0) is 17.2 Å². The van der Waals surface area contributed by atoms with Crippen LogP contribution in [0.3, 0.4) is 0 Å². The minimum Gasteiger partial charge on any atom is -0.439 e. The standard InChI is InChI=1S/C15H10N2O2/c1-2-5-10(6-3-1)11-7-4-8-12-13(11)14-17-15(16-12)19-9-18-14/h1-8H,9H2. The van der Waals surface area contributed by atoms with Crippen molar-refractivity contribution in [2.24, 2.45) is 0 Å². The molecule has 0 saturated carbocycles. The van der Waals surface area contributed by atoms with Gasteiger partial charge >= 0.3 is 6.01 Å². The van der Waals surface area contributed by atoms with E-state index in [9.17, 15) is 0 Å². The fraction of sp³-hybridized carbons (Fsp3) is 0.0667. The molecule has 3 aromatic rings. The third-order valence-electron chi connectivity index (χ3n) is 3.14. The molecular weight excluding hydrogens is 240 g/mol. The van der Waals surface area contributed by atoms with Crippen molar-refractivity contribution in [1.29, 1.82) is 0 Å². The van der Waals surface area contributed by atoms with Crippen LogP contribution in [0.25, 0.3) is 22.0 Å². The Labute approximate surface area is 109 Å². The highest BCUT2D eigenvalue weighted by atomic mass is 16.7. The van der Waals surface area contributed by atoms with E-state index in [2.05, 4.69) is 28.2 Å². The van der Waals surface area contributed by atoms with Gasteiger partial charge < -0.3 is 9.47 Å². The van der Waals surface area contributed by atoms with Crippen LogP contribution in [0.4, 0.5) is 0 Å². The van der Waals surface area contributed by atoms with E-state index < -0.39 is 0 Å². The molecule has 4 rings (SSSR count). The first kappa shape index (κ1) is 10.3. The lowest BCUT2D eigenvalue weighted by Crippen LogP contribution is -2.15. The topological polar surface area (TPSA) is 44.2 Å². The summed E-state index contributed by atoms with van der Waals surface area (Å²) in [5.74, 6) is 0.589. The molecule has 4 heteroatoms. The third kappa shape index (κ3) is 1.61. The van der Waals surface area contributed by atoms with Crippen LogP contribution in [0.5, 0.6) is 11.9 Å². The zero-order valence-corrected chi connectivity index (χ0v) is 10.0. The fourth-order valence-corrected chi connectivity index (χ4v) is 2.29. The molecule has 2 aromatic carbocycles. The summed E-state index contributed by atoms with van der Waals surface area (Å²) in [7, 11) is 0. The van der Waals surface area contributed by atoms with Crippen LogP contribution in [0.15, 0.2) is 48.5 Å². The van der Waals surface area contributed by atoms with E-state index in [0.717, 1.165) is 22.0 Å². The Hall–Kier alpha value is -2.62. The number of benzene rings is 2. The number of hydrogen-bond acceptors (Lipinski definition) is 4. The molecular formula is C15H10N2O2. The van der Waals surface area contributed by atoms with Crippen molar-refractivity contribution in [3.05, 3.63) is 48.5 Å². The van der Waals surface area contributed by atoms with E-state index in [1.807, 2.05) is 30.3 Å². The first-order chi connectivity index (χ1) is 9.42. The molecule has 0 amide bonds. The first-order valence-corrected chi connectivity index (χ1v) is 6.03.